The first-order valence-corrected chi connectivity index (χ1v) is 15.9. The molecule has 0 unspecified atom stereocenters. The molecule has 0 N–H and O–H groups in total. The van der Waals surface area contributed by atoms with E-state index in [2.05, 4.69) is 114 Å². The van der Waals surface area contributed by atoms with E-state index in [0.717, 1.165) is 11.5 Å². The van der Waals surface area contributed by atoms with E-state index in [1.807, 2.05) is 0 Å². The molecule has 2 aliphatic carbocycles. The SMILES string of the molecule is Cc1ccc(C)c([O][Zr]([O]c2c(C)ccc(C)c2C)([CH]2C=CC=C2)[CH]2C=CC=C2)c1C. The Morgan fingerprint density at radius 1 is 0.516 bits per heavy atom. The van der Waals surface area contributed by atoms with Crippen LogP contribution in [0.2, 0.25) is 7.25 Å². The van der Waals surface area contributed by atoms with Crippen LogP contribution in [0.15, 0.2) is 72.9 Å². The van der Waals surface area contributed by atoms with Crippen molar-refractivity contribution in [2.75, 3.05) is 0 Å². The van der Waals surface area contributed by atoms with Gasteiger partial charge in [-0.1, -0.05) is 0 Å². The number of hydrogen-bond acceptors (Lipinski definition) is 2. The minimum absolute atomic E-state index is 0.185. The first kappa shape index (κ1) is 22.1. The van der Waals surface area contributed by atoms with Gasteiger partial charge in [-0.25, -0.2) is 0 Å². The van der Waals surface area contributed by atoms with Crippen LogP contribution in [0.1, 0.15) is 33.4 Å². The summed E-state index contributed by atoms with van der Waals surface area (Å²) in [5, 5.41) is 0. The van der Waals surface area contributed by atoms with Crippen molar-refractivity contribution >= 4 is 0 Å². The van der Waals surface area contributed by atoms with Crippen molar-refractivity contribution in [1.29, 1.82) is 0 Å². The summed E-state index contributed by atoms with van der Waals surface area (Å²) < 4.78 is 14.9. The monoisotopic (exact) mass is 490 g/mol. The summed E-state index contributed by atoms with van der Waals surface area (Å²) in [6.45, 7) is 12.9. The molecule has 2 aromatic carbocycles. The molecule has 2 nitrogen and oxygen atoms in total. The molecule has 0 spiro atoms. The third kappa shape index (κ3) is 4.05. The minimum atomic E-state index is -3.95. The van der Waals surface area contributed by atoms with Gasteiger partial charge >= 0.3 is 193 Å². The van der Waals surface area contributed by atoms with Crippen LogP contribution in [0.3, 0.4) is 0 Å². The van der Waals surface area contributed by atoms with E-state index in [1.165, 1.54) is 33.4 Å². The second kappa shape index (κ2) is 8.79. The van der Waals surface area contributed by atoms with Crippen LogP contribution >= 0.6 is 0 Å². The molecule has 3 heteroatoms. The fourth-order valence-electron chi connectivity index (χ4n) is 4.40. The maximum absolute atomic E-state index is 7.25. The van der Waals surface area contributed by atoms with E-state index < -0.39 is 21.1 Å². The van der Waals surface area contributed by atoms with Gasteiger partial charge in [0.25, 0.3) is 0 Å². The number of benzene rings is 2. The Morgan fingerprint density at radius 3 is 1.19 bits per heavy atom. The number of allylic oxidation sites excluding steroid dienone is 8. The van der Waals surface area contributed by atoms with E-state index in [4.69, 9.17) is 5.63 Å². The van der Waals surface area contributed by atoms with E-state index in [0.29, 0.717) is 0 Å². The van der Waals surface area contributed by atoms with Gasteiger partial charge in [-0.2, -0.15) is 0 Å². The Morgan fingerprint density at radius 2 is 0.839 bits per heavy atom. The van der Waals surface area contributed by atoms with Crippen LogP contribution in [0.25, 0.3) is 0 Å². The standard InChI is InChI=1S/2C9H12O.2C5H5.Zr/c2*1-6-4-5-7(2)9(10)8(6)3;2*1-2-4-5-3-1;/h2*4-5,10H,1-3H3;2*1-5H;/q;;;;+2/p-2. The molecule has 0 atom stereocenters. The molecule has 0 saturated heterocycles. The zero-order valence-corrected chi connectivity index (χ0v) is 21.9. The summed E-state index contributed by atoms with van der Waals surface area (Å²) in [5.41, 5.74) is 7.25. The molecule has 0 fully saturated rings. The predicted octanol–water partition coefficient (Wildman–Crippen LogP) is 7.81. The van der Waals surface area contributed by atoms with Crippen LogP contribution in [0, 0.1) is 41.5 Å². The number of rotatable bonds is 6. The molecule has 0 aromatic heterocycles. The zero-order chi connectivity index (χ0) is 22.2. The molecule has 2 aliphatic rings. The van der Waals surface area contributed by atoms with Crippen molar-refractivity contribution in [2.24, 2.45) is 0 Å². The summed E-state index contributed by atoms with van der Waals surface area (Å²) in [7, 11) is 0. The predicted molar refractivity (Wildman–Crippen MR) is 127 cm³/mol. The van der Waals surface area contributed by atoms with Crippen molar-refractivity contribution < 1.29 is 26.8 Å². The summed E-state index contributed by atoms with van der Waals surface area (Å²) in [5.74, 6) is 2.00. The second-order valence-electron chi connectivity index (χ2n) is 8.82. The van der Waals surface area contributed by atoms with Gasteiger partial charge in [0.05, 0.1) is 0 Å². The summed E-state index contributed by atoms with van der Waals surface area (Å²) in [4.78, 5) is 0. The average molecular weight is 492 g/mol. The van der Waals surface area contributed by atoms with E-state index >= 15 is 0 Å². The maximum atomic E-state index is 7.25. The summed E-state index contributed by atoms with van der Waals surface area (Å²) in [6, 6.07) is 8.68. The molecule has 0 bridgehead atoms. The molecule has 0 radical (unpaired) electrons. The normalized spacial score (nSPS) is 15.9. The van der Waals surface area contributed by atoms with Gasteiger partial charge in [-0.15, -0.1) is 0 Å². The summed E-state index contributed by atoms with van der Waals surface area (Å²) in [6.07, 6.45) is 17.6. The Balaban J connectivity index is 1.92. The molecule has 0 aliphatic heterocycles. The summed E-state index contributed by atoms with van der Waals surface area (Å²) >= 11 is -3.95. The van der Waals surface area contributed by atoms with Gasteiger partial charge in [0.2, 0.25) is 0 Å². The van der Waals surface area contributed by atoms with Gasteiger partial charge in [0.15, 0.2) is 0 Å². The van der Waals surface area contributed by atoms with E-state index in [-0.39, 0.29) is 7.25 Å². The number of hydrogen-bond donors (Lipinski definition) is 0. The van der Waals surface area contributed by atoms with Crippen molar-refractivity contribution in [2.45, 2.75) is 48.8 Å². The van der Waals surface area contributed by atoms with Crippen molar-refractivity contribution in [3.63, 3.8) is 0 Å². The van der Waals surface area contributed by atoms with E-state index in [9.17, 15) is 0 Å². The van der Waals surface area contributed by atoms with Crippen LogP contribution in [0.4, 0.5) is 0 Å². The number of aryl methyl sites for hydroxylation is 4. The van der Waals surface area contributed by atoms with Gasteiger partial charge in [0.1, 0.15) is 0 Å². The van der Waals surface area contributed by atoms with Crippen molar-refractivity contribution in [3.05, 3.63) is 106 Å². The van der Waals surface area contributed by atoms with Gasteiger partial charge in [0, 0.05) is 0 Å². The molecule has 31 heavy (non-hydrogen) atoms. The second-order valence-corrected chi connectivity index (χ2v) is 16.7. The molecule has 0 saturated carbocycles. The van der Waals surface area contributed by atoms with Gasteiger partial charge in [-0.3, -0.25) is 0 Å². The Bertz CT molecular complexity index is 1010. The van der Waals surface area contributed by atoms with Crippen molar-refractivity contribution in [1.82, 2.24) is 0 Å². The molecule has 0 amide bonds. The fourth-order valence-corrected chi connectivity index (χ4v) is 13.8. The van der Waals surface area contributed by atoms with Crippen LogP contribution < -0.4 is 5.63 Å². The van der Waals surface area contributed by atoms with Crippen LogP contribution in [0.5, 0.6) is 11.5 Å². The zero-order valence-electron chi connectivity index (χ0n) is 19.4. The third-order valence-corrected chi connectivity index (χ3v) is 15.7. The average Bonchev–Trinajstić information content (AvgIpc) is 3.48. The molecule has 2 aromatic rings. The van der Waals surface area contributed by atoms with Crippen molar-refractivity contribution in [3.8, 4) is 11.5 Å². The quantitative estimate of drug-likeness (QED) is 0.410. The third-order valence-electron chi connectivity index (χ3n) is 6.70. The molecule has 160 valence electrons. The van der Waals surface area contributed by atoms with E-state index in [1.54, 1.807) is 0 Å². The molecule has 4 rings (SSSR count). The Hall–Kier alpha value is -2.12. The molecule has 0 heterocycles. The van der Waals surface area contributed by atoms with Crippen LogP contribution in [-0.2, 0) is 21.1 Å². The first-order chi connectivity index (χ1) is 14.8. The fraction of sp³-hybridized carbons (Fsp3) is 0.286. The van der Waals surface area contributed by atoms with Gasteiger partial charge in [-0.05, 0) is 0 Å². The first-order valence-electron chi connectivity index (χ1n) is 11.0. The van der Waals surface area contributed by atoms with Gasteiger partial charge < -0.3 is 0 Å². The Labute approximate surface area is 192 Å². The topological polar surface area (TPSA) is 18.5 Å². The molecular formula is C28H32O2Zr. The van der Waals surface area contributed by atoms with Crippen LogP contribution in [-0.4, -0.2) is 0 Å². The Kier molecular flexibility index (Phi) is 6.26. The molecular weight excluding hydrogens is 460 g/mol.